The van der Waals surface area contributed by atoms with Crippen LogP contribution in [-0.4, -0.2) is 105 Å². The number of ether oxygens (including phenoxy) is 4. The van der Waals surface area contributed by atoms with Crippen molar-refractivity contribution in [2.45, 2.75) is 120 Å². The second-order valence-electron chi connectivity index (χ2n) is 14.4. The Balaban J connectivity index is 0.000000198. The predicted octanol–water partition coefficient (Wildman–Crippen LogP) is 0.439. The van der Waals surface area contributed by atoms with Crippen LogP contribution in [-0.2, 0) is 52.5 Å². The molecule has 0 aromatic rings. The molecule has 2 aliphatic carbocycles. The Morgan fingerprint density at radius 1 is 0.769 bits per heavy atom. The maximum Gasteiger partial charge on any atom is 0.339 e. The Bertz CT molecular complexity index is 1500. The highest BCUT2D eigenvalue weighted by Crippen LogP contribution is 2.54. The van der Waals surface area contributed by atoms with Crippen molar-refractivity contribution in [1.82, 2.24) is 10.6 Å². The van der Waals surface area contributed by atoms with E-state index in [0.717, 1.165) is 38.5 Å². The summed E-state index contributed by atoms with van der Waals surface area (Å²) in [5, 5.41) is 36.2. The first kappa shape index (κ1) is 40.6. The van der Waals surface area contributed by atoms with Gasteiger partial charge < -0.3 is 44.9 Å². The average Bonchev–Trinajstić information content (AvgIpc) is 3.37. The van der Waals surface area contributed by atoms with Gasteiger partial charge in [0, 0.05) is 39.2 Å². The van der Waals surface area contributed by atoms with Gasteiger partial charge in [0.1, 0.15) is 0 Å². The molecule has 0 aromatic heterocycles. The van der Waals surface area contributed by atoms with Crippen molar-refractivity contribution < 1.29 is 67.8 Å². The molecule has 10 atom stereocenters. The lowest BCUT2D eigenvalue weighted by Crippen LogP contribution is -2.80. The third-order valence-corrected chi connectivity index (χ3v) is 11.1. The van der Waals surface area contributed by atoms with Gasteiger partial charge in [-0.3, -0.25) is 24.0 Å². The summed E-state index contributed by atoms with van der Waals surface area (Å²) >= 11 is 0. The zero-order valence-electron chi connectivity index (χ0n) is 30.2. The molecule has 6 aliphatic rings. The highest BCUT2D eigenvalue weighted by Gasteiger charge is 2.80. The molecule has 16 heteroatoms. The second kappa shape index (κ2) is 15.8. The highest BCUT2D eigenvalue weighted by atomic mass is 16.6. The van der Waals surface area contributed by atoms with E-state index in [1.165, 1.54) is 20.8 Å². The molecule has 4 saturated heterocycles. The molecule has 0 spiro atoms. The first-order valence-electron chi connectivity index (χ1n) is 17.7. The molecule has 5 N–H and O–H groups in total. The van der Waals surface area contributed by atoms with Crippen LogP contribution in [0.5, 0.6) is 0 Å². The van der Waals surface area contributed by atoms with E-state index < -0.39 is 76.2 Å². The standard InChI is InChI=1S/C17H23NO6.C15H21NO5.C4H6O3/c1-10(19)23-9-8-12-14(21)18-17(15(22)24-16(12,17)2)13(20)11-6-4-3-5-7-11;1-14-10(7-8-17)12(19)16-15(14,13(20)21-14)11(18)9-5-3-2-4-6-9;1-3(5)7-4(2)6/h4,6,11-13,20H,3,5,7-9H2,1-2H3,(H,18,21);3,5,9-11,17-18H,2,4,6-8H2,1H3,(H,16,19);1-2H3/t11-,12+,13+,16+,17+;9-,10+,11+,14+,15+;/m11./s1. The second-order valence-corrected chi connectivity index (χ2v) is 14.4. The van der Waals surface area contributed by atoms with Crippen molar-refractivity contribution in [3.05, 3.63) is 24.3 Å². The van der Waals surface area contributed by atoms with E-state index in [1.807, 2.05) is 24.3 Å². The maximum atomic E-state index is 12.4. The van der Waals surface area contributed by atoms with Crippen LogP contribution in [0.4, 0.5) is 0 Å². The topological polar surface area (TPSA) is 241 Å². The minimum atomic E-state index is -1.42. The third-order valence-electron chi connectivity index (χ3n) is 11.1. The summed E-state index contributed by atoms with van der Waals surface area (Å²) in [6, 6.07) is 0. The molecule has 0 saturated carbocycles. The Morgan fingerprint density at radius 2 is 1.19 bits per heavy atom. The molecule has 0 radical (unpaired) electrons. The molecule has 6 rings (SSSR count). The average molecular weight is 735 g/mol. The van der Waals surface area contributed by atoms with Crippen molar-refractivity contribution >= 4 is 41.7 Å². The SMILES string of the molecule is CC(=O)OC(C)=O.CC(=O)OCC[C@H]1C(=O)N[C@@]2([C@@H](O)[C@@H]3C=CCCC3)C(=O)O[C@@]12C.C[C@@]12OC(=O)[C@]1([C@@H](O)[C@@H]1C=CCCC1)NC(=O)[C@@H]2CCO. The summed E-state index contributed by atoms with van der Waals surface area (Å²) in [6.45, 7) is 6.89. The lowest BCUT2D eigenvalue weighted by molar-refractivity contribution is -0.239. The number of rotatable bonds is 9. The van der Waals surface area contributed by atoms with Crippen LogP contribution in [0.15, 0.2) is 24.3 Å². The van der Waals surface area contributed by atoms with Gasteiger partial charge in [0.15, 0.2) is 11.2 Å². The molecule has 0 bridgehead atoms. The summed E-state index contributed by atoms with van der Waals surface area (Å²) in [5.41, 5.74) is -5.02. The van der Waals surface area contributed by atoms with Crippen molar-refractivity contribution in [2.24, 2.45) is 23.7 Å². The van der Waals surface area contributed by atoms with Crippen LogP contribution >= 0.6 is 0 Å². The number of aliphatic hydroxyl groups is 3. The number of amides is 2. The molecule has 4 fully saturated rings. The largest absolute Gasteiger partial charge is 0.466 e. The van der Waals surface area contributed by atoms with Crippen LogP contribution in [0.2, 0.25) is 0 Å². The maximum absolute atomic E-state index is 12.4. The van der Waals surface area contributed by atoms with E-state index in [4.69, 9.17) is 19.3 Å². The molecule has 4 heterocycles. The van der Waals surface area contributed by atoms with E-state index in [2.05, 4.69) is 15.4 Å². The van der Waals surface area contributed by atoms with Gasteiger partial charge >= 0.3 is 29.8 Å². The van der Waals surface area contributed by atoms with Crippen LogP contribution < -0.4 is 10.6 Å². The molecule has 16 nitrogen and oxygen atoms in total. The lowest BCUT2D eigenvalue weighted by Gasteiger charge is -2.54. The molecular weight excluding hydrogens is 684 g/mol. The van der Waals surface area contributed by atoms with Crippen LogP contribution in [0.25, 0.3) is 0 Å². The Labute approximate surface area is 301 Å². The number of nitrogens with one attached hydrogen (secondary N) is 2. The first-order valence-corrected chi connectivity index (χ1v) is 17.7. The Morgan fingerprint density at radius 3 is 1.50 bits per heavy atom. The van der Waals surface area contributed by atoms with Crippen LogP contribution in [0, 0.1) is 23.7 Å². The van der Waals surface area contributed by atoms with Crippen molar-refractivity contribution in [1.29, 1.82) is 0 Å². The number of aliphatic hydroxyl groups excluding tert-OH is 3. The quantitative estimate of drug-likeness (QED) is 0.0935. The van der Waals surface area contributed by atoms with Crippen molar-refractivity contribution in [3.8, 4) is 0 Å². The summed E-state index contributed by atoms with van der Waals surface area (Å²) in [7, 11) is 0. The fraction of sp³-hybridized carbons (Fsp3) is 0.694. The van der Waals surface area contributed by atoms with E-state index in [0.29, 0.717) is 0 Å². The number of esters is 5. The number of fused-ring (bicyclic) bond motifs is 2. The van der Waals surface area contributed by atoms with Crippen molar-refractivity contribution in [2.75, 3.05) is 13.2 Å². The number of hydrogen-bond donors (Lipinski definition) is 5. The van der Waals surface area contributed by atoms with Gasteiger partial charge in [0.05, 0.1) is 30.7 Å². The molecule has 4 aliphatic heterocycles. The number of carbonyl (C=O) groups excluding carboxylic acids is 7. The number of hydrogen-bond acceptors (Lipinski definition) is 14. The molecule has 0 aromatic carbocycles. The molecule has 52 heavy (non-hydrogen) atoms. The number of allylic oxidation sites excluding steroid dienone is 2. The molecular formula is C36H50N2O14. The van der Waals surface area contributed by atoms with Crippen LogP contribution in [0.1, 0.15) is 86.0 Å². The van der Waals surface area contributed by atoms with Crippen molar-refractivity contribution in [3.63, 3.8) is 0 Å². The third kappa shape index (κ3) is 6.99. The molecule has 0 unspecified atom stereocenters. The summed E-state index contributed by atoms with van der Waals surface area (Å²) in [6.07, 6.45) is 11.6. The van der Waals surface area contributed by atoms with Gasteiger partial charge in [-0.25, -0.2) is 9.59 Å². The number of carbonyl (C=O) groups is 7. The van der Waals surface area contributed by atoms with Gasteiger partial charge in [-0.05, 0) is 65.2 Å². The minimum absolute atomic E-state index is 0.0655. The highest BCUT2D eigenvalue weighted by molar-refractivity contribution is 6.02. The van der Waals surface area contributed by atoms with Gasteiger partial charge in [0.2, 0.25) is 22.9 Å². The van der Waals surface area contributed by atoms with E-state index >= 15 is 0 Å². The van der Waals surface area contributed by atoms with E-state index in [1.54, 1.807) is 13.8 Å². The zero-order chi connectivity index (χ0) is 38.6. The fourth-order valence-corrected chi connectivity index (χ4v) is 8.41. The normalized spacial score (nSPS) is 36.2. The molecule has 2 amide bonds. The van der Waals surface area contributed by atoms with Gasteiger partial charge in [-0.2, -0.15) is 0 Å². The first-order chi connectivity index (χ1) is 24.4. The summed E-state index contributed by atoms with van der Waals surface area (Å²) in [4.78, 5) is 79.6. The minimum Gasteiger partial charge on any atom is -0.466 e. The van der Waals surface area contributed by atoms with E-state index in [-0.39, 0.29) is 49.7 Å². The Hall–Kier alpha value is -4.15. The smallest absolute Gasteiger partial charge is 0.339 e. The lowest BCUT2D eigenvalue weighted by atomic mass is 9.64. The van der Waals surface area contributed by atoms with E-state index in [9.17, 15) is 43.8 Å². The van der Waals surface area contributed by atoms with Gasteiger partial charge in [0.25, 0.3) is 0 Å². The summed E-state index contributed by atoms with van der Waals surface area (Å²) in [5.74, 6) is -5.06. The van der Waals surface area contributed by atoms with Crippen LogP contribution in [0.3, 0.4) is 0 Å². The Kier molecular flexibility index (Phi) is 12.4. The molecule has 288 valence electrons. The summed E-state index contributed by atoms with van der Waals surface area (Å²) < 4.78 is 19.5. The zero-order valence-corrected chi connectivity index (χ0v) is 30.2. The fourth-order valence-electron chi connectivity index (χ4n) is 8.41. The van der Waals surface area contributed by atoms with Gasteiger partial charge in [-0.1, -0.05) is 24.3 Å². The monoisotopic (exact) mass is 734 g/mol. The van der Waals surface area contributed by atoms with Gasteiger partial charge in [-0.15, -0.1) is 0 Å². The predicted molar refractivity (Wildman–Crippen MR) is 178 cm³/mol.